The Morgan fingerprint density at radius 1 is 1.56 bits per heavy atom. The van der Waals surface area contributed by atoms with Gasteiger partial charge in [-0.15, -0.1) is 0 Å². The van der Waals surface area contributed by atoms with Gasteiger partial charge in [0.15, 0.2) is 5.82 Å². The number of rotatable bonds is 3. The third kappa shape index (κ3) is 1.92. The number of nitrogens with two attached hydrogens (primary N) is 1. The summed E-state index contributed by atoms with van der Waals surface area (Å²) in [6.45, 7) is 0. The smallest absolute Gasteiger partial charge is 0.253 e. The second kappa shape index (κ2) is 4.02. The van der Waals surface area contributed by atoms with Crippen molar-refractivity contribution in [1.82, 2.24) is 19.5 Å². The Hall–Kier alpha value is -2.02. The van der Waals surface area contributed by atoms with Crippen LogP contribution in [0.3, 0.4) is 0 Å². The first-order chi connectivity index (χ1) is 8.65. The van der Waals surface area contributed by atoms with Crippen LogP contribution >= 0.6 is 12.2 Å². The Kier molecular flexibility index (Phi) is 2.48. The predicted octanol–water partition coefficient (Wildman–Crippen LogP) is 0.467. The highest BCUT2D eigenvalue weighted by Crippen LogP contribution is 2.37. The maximum Gasteiger partial charge on any atom is 0.253 e. The molecule has 3 rings (SSSR count). The summed E-state index contributed by atoms with van der Waals surface area (Å²) in [5.74, 6) is 2.03. The Balaban J connectivity index is 2.13. The van der Waals surface area contributed by atoms with Crippen molar-refractivity contribution >= 4 is 17.2 Å². The molecule has 1 aliphatic rings. The average Bonchev–Trinajstić information content (AvgIpc) is 3.05. The summed E-state index contributed by atoms with van der Waals surface area (Å²) in [6.07, 6.45) is 5.40. The third-order valence-corrected chi connectivity index (χ3v) is 3.00. The molecular formula is C11H11N5OS. The van der Waals surface area contributed by atoms with Crippen molar-refractivity contribution in [2.75, 3.05) is 0 Å². The molecule has 2 aromatic heterocycles. The fourth-order valence-corrected chi connectivity index (χ4v) is 1.96. The van der Waals surface area contributed by atoms with E-state index in [9.17, 15) is 4.79 Å². The van der Waals surface area contributed by atoms with Crippen LogP contribution in [0.25, 0.3) is 5.82 Å². The summed E-state index contributed by atoms with van der Waals surface area (Å²) in [6, 6.07) is 1.41. The molecule has 0 atom stereocenters. The van der Waals surface area contributed by atoms with E-state index in [0.717, 1.165) is 18.7 Å². The first kappa shape index (κ1) is 11.1. The highest BCUT2D eigenvalue weighted by atomic mass is 32.1. The summed E-state index contributed by atoms with van der Waals surface area (Å²) >= 11 is 4.91. The molecule has 3 N–H and O–H groups in total. The maximum atomic E-state index is 11.6. The highest BCUT2D eigenvalue weighted by Gasteiger charge is 2.26. The van der Waals surface area contributed by atoms with Gasteiger partial charge in [0.05, 0.1) is 0 Å². The average molecular weight is 261 g/mol. The molecule has 0 unspecified atom stereocenters. The van der Waals surface area contributed by atoms with Crippen LogP contribution in [0, 0.1) is 0 Å². The lowest BCUT2D eigenvalue weighted by molar-refractivity contribution is 0.860. The summed E-state index contributed by atoms with van der Waals surface area (Å²) in [5, 5.41) is 0. The van der Waals surface area contributed by atoms with Crippen LogP contribution in [0.2, 0.25) is 0 Å². The van der Waals surface area contributed by atoms with Gasteiger partial charge in [0.1, 0.15) is 16.6 Å². The summed E-state index contributed by atoms with van der Waals surface area (Å²) < 4.78 is 1.63. The van der Waals surface area contributed by atoms with Crippen molar-refractivity contribution in [3.8, 4) is 5.82 Å². The van der Waals surface area contributed by atoms with Crippen LogP contribution in [0.1, 0.15) is 30.4 Å². The maximum absolute atomic E-state index is 11.6. The molecule has 6 nitrogen and oxygen atoms in total. The number of nitrogens with zero attached hydrogens (tertiary/aromatic N) is 3. The van der Waals surface area contributed by atoms with Crippen LogP contribution in [0.15, 0.2) is 23.3 Å². The van der Waals surface area contributed by atoms with Gasteiger partial charge in [-0.1, -0.05) is 12.2 Å². The van der Waals surface area contributed by atoms with Crippen molar-refractivity contribution in [1.29, 1.82) is 0 Å². The van der Waals surface area contributed by atoms with Gasteiger partial charge < -0.3 is 10.7 Å². The number of hydrogen-bond donors (Lipinski definition) is 2. The van der Waals surface area contributed by atoms with E-state index in [1.807, 2.05) is 0 Å². The molecule has 7 heteroatoms. The zero-order chi connectivity index (χ0) is 12.7. The third-order valence-electron chi connectivity index (χ3n) is 2.82. The molecule has 1 saturated carbocycles. The van der Waals surface area contributed by atoms with Crippen LogP contribution in [-0.4, -0.2) is 24.5 Å². The van der Waals surface area contributed by atoms with Crippen molar-refractivity contribution in [3.63, 3.8) is 0 Å². The van der Waals surface area contributed by atoms with Crippen LogP contribution in [0.4, 0.5) is 0 Å². The number of hydrogen-bond acceptors (Lipinski definition) is 4. The lowest BCUT2D eigenvalue weighted by atomic mass is 10.4. The number of H-pyrrole nitrogens is 1. The van der Waals surface area contributed by atoms with Gasteiger partial charge in [-0.05, 0) is 12.8 Å². The molecule has 18 heavy (non-hydrogen) atoms. The van der Waals surface area contributed by atoms with Crippen molar-refractivity contribution < 1.29 is 0 Å². The van der Waals surface area contributed by atoms with E-state index < -0.39 is 0 Å². The number of aromatic amines is 1. The zero-order valence-corrected chi connectivity index (χ0v) is 10.3. The van der Waals surface area contributed by atoms with Gasteiger partial charge in [0.2, 0.25) is 0 Å². The van der Waals surface area contributed by atoms with Crippen LogP contribution in [0.5, 0.6) is 0 Å². The second-order valence-electron chi connectivity index (χ2n) is 4.25. The predicted molar refractivity (Wildman–Crippen MR) is 69.8 cm³/mol. The summed E-state index contributed by atoms with van der Waals surface area (Å²) in [5.41, 5.74) is 5.40. The van der Waals surface area contributed by atoms with E-state index in [2.05, 4.69) is 15.0 Å². The summed E-state index contributed by atoms with van der Waals surface area (Å²) in [4.78, 5) is 23.0. The Labute approximate surface area is 108 Å². The fraction of sp³-hybridized carbons (Fsp3) is 0.273. The molecule has 0 radical (unpaired) electrons. The molecule has 0 aliphatic heterocycles. The van der Waals surface area contributed by atoms with Crippen molar-refractivity contribution in [2.24, 2.45) is 5.73 Å². The molecule has 0 spiro atoms. The van der Waals surface area contributed by atoms with Gasteiger partial charge in [-0.3, -0.25) is 9.36 Å². The molecule has 92 valence electrons. The SMILES string of the molecule is NC(=S)c1nccn1-c1cc(=O)[nH]c(C2CC2)n1. The Bertz CT molecular complexity index is 670. The Morgan fingerprint density at radius 2 is 2.33 bits per heavy atom. The number of imidazole rings is 1. The number of thiocarbonyl (C=S) groups is 1. The van der Waals surface area contributed by atoms with Gasteiger partial charge in [0, 0.05) is 24.4 Å². The lowest BCUT2D eigenvalue weighted by Gasteiger charge is -2.06. The normalized spacial score (nSPS) is 14.7. The molecule has 1 aliphatic carbocycles. The van der Waals surface area contributed by atoms with E-state index in [4.69, 9.17) is 18.0 Å². The minimum absolute atomic E-state index is 0.176. The van der Waals surface area contributed by atoms with Crippen molar-refractivity contribution in [2.45, 2.75) is 18.8 Å². The minimum Gasteiger partial charge on any atom is -0.387 e. The minimum atomic E-state index is -0.176. The van der Waals surface area contributed by atoms with Crippen LogP contribution < -0.4 is 11.3 Å². The van der Waals surface area contributed by atoms with Crippen LogP contribution in [-0.2, 0) is 0 Å². The quantitative estimate of drug-likeness (QED) is 0.784. The molecule has 0 aromatic carbocycles. The number of aromatic nitrogens is 4. The van der Waals surface area contributed by atoms with Gasteiger partial charge in [-0.2, -0.15) is 0 Å². The topological polar surface area (TPSA) is 89.6 Å². The van der Waals surface area contributed by atoms with Gasteiger partial charge >= 0.3 is 0 Å². The number of nitrogens with one attached hydrogen (secondary N) is 1. The molecule has 2 heterocycles. The van der Waals surface area contributed by atoms with Crippen molar-refractivity contribution in [3.05, 3.63) is 40.5 Å². The fourth-order valence-electron chi connectivity index (χ4n) is 1.81. The van der Waals surface area contributed by atoms with E-state index in [0.29, 0.717) is 17.6 Å². The second-order valence-corrected chi connectivity index (χ2v) is 4.69. The molecular weight excluding hydrogens is 250 g/mol. The first-order valence-electron chi connectivity index (χ1n) is 5.60. The molecule has 2 aromatic rings. The zero-order valence-electron chi connectivity index (χ0n) is 9.46. The molecule has 0 amide bonds. The molecule has 1 fully saturated rings. The van der Waals surface area contributed by atoms with E-state index in [-0.39, 0.29) is 10.5 Å². The highest BCUT2D eigenvalue weighted by molar-refractivity contribution is 7.80. The standard InChI is InChI=1S/C11H11N5OS/c12-9(18)11-13-3-4-16(11)7-5-8(17)15-10(14-7)6-1-2-6/h3-6H,1-2H2,(H2,12,18)(H,14,15,17). The lowest BCUT2D eigenvalue weighted by Crippen LogP contribution is -2.19. The monoisotopic (exact) mass is 261 g/mol. The van der Waals surface area contributed by atoms with Gasteiger partial charge in [0.25, 0.3) is 5.56 Å². The first-order valence-corrected chi connectivity index (χ1v) is 6.01. The van der Waals surface area contributed by atoms with E-state index in [1.54, 1.807) is 17.0 Å². The largest absolute Gasteiger partial charge is 0.387 e. The van der Waals surface area contributed by atoms with E-state index in [1.165, 1.54) is 6.07 Å². The molecule has 0 bridgehead atoms. The Morgan fingerprint density at radius 3 is 3.00 bits per heavy atom. The van der Waals surface area contributed by atoms with Gasteiger partial charge in [-0.25, -0.2) is 9.97 Å². The summed E-state index contributed by atoms with van der Waals surface area (Å²) in [7, 11) is 0. The van der Waals surface area contributed by atoms with E-state index >= 15 is 0 Å². The molecule has 0 saturated heterocycles.